The number of rotatable bonds is 9. The summed E-state index contributed by atoms with van der Waals surface area (Å²) >= 11 is 0. The Morgan fingerprint density at radius 1 is 1.40 bits per heavy atom. The first-order valence-electron chi connectivity index (χ1n) is 7.54. The fourth-order valence-electron chi connectivity index (χ4n) is 2.39. The molecule has 0 saturated carbocycles. The third kappa shape index (κ3) is 6.15. The maximum Gasteiger partial charge on any atom is 0.220 e. The minimum Gasteiger partial charge on any atom is -0.350 e. The molecule has 20 heavy (non-hydrogen) atoms. The summed E-state index contributed by atoms with van der Waals surface area (Å²) in [5.74, 6) is 0.681. The number of aryl methyl sites for hydroxylation is 1. The van der Waals surface area contributed by atoms with Crippen LogP contribution in [0.3, 0.4) is 0 Å². The molecule has 112 valence electrons. The lowest BCUT2D eigenvalue weighted by atomic mass is 9.94. The summed E-state index contributed by atoms with van der Waals surface area (Å²) in [7, 11) is 0. The van der Waals surface area contributed by atoms with Crippen LogP contribution in [0.4, 0.5) is 0 Å². The Morgan fingerprint density at radius 2 is 2.20 bits per heavy atom. The molecule has 3 N–H and O–H groups in total. The molecule has 1 amide bonds. The lowest BCUT2D eigenvalue weighted by Crippen LogP contribution is -2.24. The summed E-state index contributed by atoms with van der Waals surface area (Å²) < 4.78 is 0. The Bertz CT molecular complexity index is 400. The fraction of sp³-hybridized carbons (Fsp3) is 0.625. The van der Waals surface area contributed by atoms with E-state index in [1.807, 2.05) is 19.1 Å². The predicted octanol–water partition coefficient (Wildman–Crippen LogP) is 2.55. The van der Waals surface area contributed by atoms with E-state index in [-0.39, 0.29) is 5.91 Å². The van der Waals surface area contributed by atoms with E-state index >= 15 is 0 Å². The predicted molar refractivity (Wildman–Crippen MR) is 82.1 cm³/mol. The van der Waals surface area contributed by atoms with Crippen LogP contribution in [0.25, 0.3) is 0 Å². The topological polar surface area (TPSA) is 68.0 Å². The number of pyridine rings is 1. The van der Waals surface area contributed by atoms with Crippen molar-refractivity contribution in [3.05, 3.63) is 29.6 Å². The minimum absolute atomic E-state index is 0.105. The number of carbonyl (C=O) groups is 1. The smallest absolute Gasteiger partial charge is 0.220 e. The van der Waals surface area contributed by atoms with Gasteiger partial charge >= 0.3 is 0 Å². The van der Waals surface area contributed by atoms with Gasteiger partial charge in [-0.05, 0) is 43.9 Å². The fourth-order valence-corrected chi connectivity index (χ4v) is 2.39. The molecule has 1 rings (SSSR count). The van der Waals surface area contributed by atoms with Gasteiger partial charge in [0, 0.05) is 12.6 Å². The molecule has 4 heteroatoms. The van der Waals surface area contributed by atoms with Crippen LogP contribution in [-0.4, -0.2) is 17.4 Å². The van der Waals surface area contributed by atoms with Crippen LogP contribution in [0.2, 0.25) is 0 Å². The molecule has 1 aromatic heterocycles. The van der Waals surface area contributed by atoms with E-state index in [1.54, 1.807) is 6.20 Å². The van der Waals surface area contributed by atoms with Crippen molar-refractivity contribution < 1.29 is 4.79 Å². The van der Waals surface area contributed by atoms with Crippen molar-refractivity contribution in [3.8, 4) is 0 Å². The Balaban J connectivity index is 2.31. The van der Waals surface area contributed by atoms with Crippen molar-refractivity contribution in [2.75, 3.05) is 6.54 Å². The maximum atomic E-state index is 11.9. The number of carbonyl (C=O) groups excluding carboxylic acids is 1. The van der Waals surface area contributed by atoms with Gasteiger partial charge in [-0.2, -0.15) is 0 Å². The van der Waals surface area contributed by atoms with Crippen LogP contribution in [0, 0.1) is 12.8 Å². The molecule has 1 unspecified atom stereocenters. The molecule has 0 aliphatic heterocycles. The molecular weight excluding hydrogens is 250 g/mol. The van der Waals surface area contributed by atoms with Crippen LogP contribution in [0.15, 0.2) is 18.3 Å². The zero-order chi connectivity index (χ0) is 14.8. The summed E-state index contributed by atoms with van der Waals surface area (Å²) in [6.07, 6.45) is 6.59. The van der Waals surface area contributed by atoms with Gasteiger partial charge in [-0.25, -0.2) is 0 Å². The monoisotopic (exact) mass is 277 g/mol. The summed E-state index contributed by atoms with van der Waals surface area (Å²) in [5, 5.41) is 2.95. The molecule has 0 saturated heterocycles. The molecule has 0 aromatic carbocycles. The van der Waals surface area contributed by atoms with Gasteiger partial charge in [0.15, 0.2) is 0 Å². The van der Waals surface area contributed by atoms with E-state index in [2.05, 4.69) is 17.2 Å². The summed E-state index contributed by atoms with van der Waals surface area (Å²) in [4.78, 5) is 16.1. The first-order valence-corrected chi connectivity index (χ1v) is 7.54. The SMILES string of the molecule is CCCC(CCN)CCC(=O)NCc1ncccc1C. The maximum absolute atomic E-state index is 11.9. The van der Waals surface area contributed by atoms with E-state index in [4.69, 9.17) is 5.73 Å². The minimum atomic E-state index is 0.105. The summed E-state index contributed by atoms with van der Waals surface area (Å²) in [6, 6.07) is 3.91. The highest BCUT2D eigenvalue weighted by Crippen LogP contribution is 2.16. The normalized spacial score (nSPS) is 12.2. The van der Waals surface area contributed by atoms with Crippen molar-refractivity contribution in [3.63, 3.8) is 0 Å². The van der Waals surface area contributed by atoms with Gasteiger partial charge in [0.1, 0.15) is 0 Å². The molecule has 0 radical (unpaired) electrons. The highest BCUT2D eigenvalue weighted by atomic mass is 16.1. The number of nitrogens with one attached hydrogen (secondary N) is 1. The molecule has 1 aromatic rings. The molecular formula is C16H27N3O. The van der Waals surface area contributed by atoms with E-state index in [1.165, 1.54) is 0 Å². The van der Waals surface area contributed by atoms with Gasteiger partial charge in [0.25, 0.3) is 0 Å². The first kappa shape index (κ1) is 16.6. The van der Waals surface area contributed by atoms with E-state index in [0.29, 0.717) is 25.4 Å². The standard InChI is InChI=1S/C16H27N3O/c1-3-5-14(9-10-17)7-8-16(20)19-12-15-13(2)6-4-11-18-15/h4,6,11,14H,3,5,7-10,12,17H2,1-2H3,(H,19,20). The van der Waals surface area contributed by atoms with Gasteiger partial charge in [-0.1, -0.05) is 25.8 Å². The quantitative estimate of drug-likeness (QED) is 0.729. The zero-order valence-corrected chi connectivity index (χ0v) is 12.7. The number of amides is 1. The van der Waals surface area contributed by atoms with Gasteiger partial charge < -0.3 is 11.1 Å². The second kappa shape index (κ2) is 9.48. The van der Waals surface area contributed by atoms with Gasteiger partial charge in [0.2, 0.25) is 5.91 Å². The van der Waals surface area contributed by atoms with Crippen LogP contribution in [-0.2, 0) is 11.3 Å². The summed E-state index contributed by atoms with van der Waals surface area (Å²) in [5.41, 5.74) is 7.66. The zero-order valence-electron chi connectivity index (χ0n) is 12.7. The molecule has 1 atom stereocenters. The van der Waals surface area contributed by atoms with Crippen molar-refractivity contribution in [2.45, 2.75) is 52.5 Å². The van der Waals surface area contributed by atoms with Gasteiger partial charge in [-0.15, -0.1) is 0 Å². The van der Waals surface area contributed by atoms with E-state index in [9.17, 15) is 4.79 Å². The molecule has 0 bridgehead atoms. The van der Waals surface area contributed by atoms with Gasteiger partial charge in [-0.3, -0.25) is 9.78 Å². The molecule has 4 nitrogen and oxygen atoms in total. The lowest BCUT2D eigenvalue weighted by Gasteiger charge is -2.14. The third-order valence-electron chi connectivity index (χ3n) is 3.62. The second-order valence-electron chi connectivity index (χ2n) is 5.31. The number of nitrogens with two attached hydrogens (primary N) is 1. The van der Waals surface area contributed by atoms with Crippen LogP contribution in [0.5, 0.6) is 0 Å². The van der Waals surface area contributed by atoms with Crippen molar-refractivity contribution in [1.82, 2.24) is 10.3 Å². The van der Waals surface area contributed by atoms with E-state index in [0.717, 1.165) is 36.9 Å². The second-order valence-corrected chi connectivity index (χ2v) is 5.31. The lowest BCUT2D eigenvalue weighted by molar-refractivity contribution is -0.121. The van der Waals surface area contributed by atoms with Gasteiger partial charge in [0.05, 0.1) is 12.2 Å². The third-order valence-corrected chi connectivity index (χ3v) is 3.62. The Labute approximate surface area is 122 Å². The largest absolute Gasteiger partial charge is 0.350 e. The first-order chi connectivity index (χ1) is 9.67. The Hall–Kier alpha value is -1.42. The van der Waals surface area contributed by atoms with Crippen molar-refractivity contribution >= 4 is 5.91 Å². The number of hydrogen-bond acceptors (Lipinski definition) is 3. The molecule has 0 aliphatic rings. The highest BCUT2D eigenvalue weighted by molar-refractivity contribution is 5.75. The molecule has 0 fully saturated rings. The van der Waals surface area contributed by atoms with Crippen LogP contribution >= 0.6 is 0 Å². The number of aromatic nitrogens is 1. The average Bonchev–Trinajstić information content (AvgIpc) is 2.44. The number of hydrogen-bond donors (Lipinski definition) is 2. The molecule has 1 heterocycles. The Morgan fingerprint density at radius 3 is 2.85 bits per heavy atom. The highest BCUT2D eigenvalue weighted by Gasteiger charge is 2.10. The van der Waals surface area contributed by atoms with Crippen molar-refractivity contribution in [2.24, 2.45) is 11.7 Å². The van der Waals surface area contributed by atoms with Crippen LogP contribution in [0.1, 0.15) is 50.3 Å². The molecule has 0 spiro atoms. The summed E-state index contributed by atoms with van der Waals surface area (Å²) in [6.45, 7) is 5.40. The number of nitrogens with zero attached hydrogens (tertiary/aromatic N) is 1. The van der Waals surface area contributed by atoms with Crippen molar-refractivity contribution in [1.29, 1.82) is 0 Å². The van der Waals surface area contributed by atoms with E-state index < -0.39 is 0 Å². The average molecular weight is 277 g/mol. The Kier molecular flexibility index (Phi) is 7.88. The molecule has 0 aliphatic carbocycles. The van der Waals surface area contributed by atoms with Crippen LogP contribution < -0.4 is 11.1 Å².